The lowest BCUT2D eigenvalue weighted by Gasteiger charge is -2.36. The maximum Gasteiger partial charge on any atom is 0.254 e. The van der Waals surface area contributed by atoms with Gasteiger partial charge in [0, 0.05) is 43.3 Å². The van der Waals surface area contributed by atoms with Crippen molar-refractivity contribution in [2.45, 2.75) is 19.6 Å². The van der Waals surface area contributed by atoms with Crippen molar-refractivity contribution in [3.63, 3.8) is 0 Å². The molecule has 0 radical (unpaired) electrons. The largest absolute Gasteiger partial charge is 0.494 e. The Bertz CT molecular complexity index is 1150. The lowest BCUT2D eigenvalue weighted by molar-refractivity contribution is 0.00341. The van der Waals surface area contributed by atoms with Gasteiger partial charge in [-0.25, -0.2) is 4.39 Å². The van der Waals surface area contributed by atoms with Crippen molar-refractivity contribution < 1.29 is 18.7 Å². The van der Waals surface area contributed by atoms with Crippen molar-refractivity contribution >= 4 is 17.5 Å². The smallest absolute Gasteiger partial charge is 0.254 e. The van der Waals surface area contributed by atoms with E-state index in [-0.39, 0.29) is 17.8 Å². The number of hydrogen-bond donors (Lipinski definition) is 0. The molecule has 0 N–H and O–H groups in total. The molecule has 0 aliphatic carbocycles. The summed E-state index contributed by atoms with van der Waals surface area (Å²) in [6, 6.07) is 20.4. The highest BCUT2D eigenvalue weighted by Crippen LogP contribution is 2.24. The molecule has 3 aromatic rings. The summed E-state index contributed by atoms with van der Waals surface area (Å²) in [4.78, 5) is 16.9. The third-order valence-electron chi connectivity index (χ3n) is 6.26. The van der Waals surface area contributed by atoms with Gasteiger partial charge in [-0.1, -0.05) is 53.6 Å². The maximum absolute atomic E-state index is 14.1. The van der Waals surface area contributed by atoms with Gasteiger partial charge in [0.05, 0.1) is 19.8 Å². The van der Waals surface area contributed by atoms with Crippen LogP contribution in [0.4, 0.5) is 4.39 Å². The van der Waals surface area contributed by atoms with Crippen molar-refractivity contribution in [2.75, 3.05) is 39.8 Å². The average molecular weight is 497 g/mol. The van der Waals surface area contributed by atoms with Crippen molar-refractivity contribution in [3.8, 4) is 5.75 Å². The first kappa shape index (κ1) is 25.2. The lowest BCUT2D eigenvalue weighted by atomic mass is 10.1. The minimum atomic E-state index is -0.534. The van der Waals surface area contributed by atoms with Gasteiger partial charge in [0.25, 0.3) is 5.91 Å². The Labute approximate surface area is 211 Å². The minimum absolute atomic E-state index is 0.130. The second kappa shape index (κ2) is 11.7. The topological polar surface area (TPSA) is 42.0 Å². The van der Waals surface area contributed by atoms with Crippen molar-refractivity contribution in [1.82, 2.24) is 9.80 Å². The van der Waals surface area contributed by atoms with Crippen LogP contribution >= 0.6 is 11.6 Å². The summed E-state index contributed by atoms with van der Waals surface area (Å²) >= 11 is 6.10. The molecule has 4 rings (SSSR count). The molecule has 3 aromatic carbocycles. The summed E-state index contributed by atoms with van der Waals surface area (Å²) < 4.78 is 25.4. The highest BCUT2D eigenvalue weighted by Gasteiger charge is 2.25. The van der Waals surface area contributed by atoms with Crippen LogP contribution in [-0.4, -0.2) is 55.5 Å². The molecule has 1 aliphatic rings. The van der Waals surface area contributed by atoms with E-state index in [1.165, 1.54) is 24.8 Å². The van der Waals surface area contributed by atoms with Crippen LogP contribution in [0.3, 0.4) is 0 Å². The van der Waals surface area contributed by atoms with E-state index in [0.717, 1.165) is 11.1 Å². The number of ether oxygens (including phenoxy) is 2. The zero-order valence-corrected chi connectivity index (χ0v) is 20.8. The molecule has 35 heavy (non-hydrogen) atoms. The van der Waals surface area contributed by atoms with E-state index in [4.69, 9.17) is 21.1 Å². The molecule has 1 aliphatic heterocycles. The molecule has 0 spiro atoms. The van der Waals surface area contributed by atoms with Gasteiger partial charge in [0.2, 0.25) is 0 Å². The van der Waals surface area contributed by atoms with Gasteiger partial charge in [-0.05, 0) is 48.4 Å². The number of piperazine rings is 1. The maximum atomic E-state index is 14.1. The fourth-order valence-electron chi connectivity index (χ4n) is 4.28. The van der Waals surface area contributed by atoms with Gasteiger partial charge < -0.3 is 14.4 Å². The standard InChI is InChI=1S/C28H30ClFN2O3/c1-20-4-3-5-21(16-20)19-35-27(22-6-9-24(29)10-7-22)18-31-12-14-32(15-13-31)28(33)23-8-11-26(34-2)25(30)17-23/h3-11,16-17,27H,12-15,18-19H2,1-2H3. The van der Waals surface area contributed by atoms with Crippen LogP contribution < -0.4 is 4.74 Å². The Hall–Kier alpha value is -2.93. The summed E-state index contributed by atoms with van der Waals surface area (Å²) in [6.45, 7) is 5.84. The molecule has 1 fully saturated rings. The Morgan fingerprint density at radius 3 is 2.43 bits per heavy atom. The number of amides is 1. The Balaban J connectivity index is 1.38. The van der Waals surface area contributed by atoms with Crippen LogP contribution in [0.1, 0.15) is 33.2 Å². The van der Waals surface area contributed by atoms with E-state index in [1.54, 1.807) is 11.0 Å². The van der Waals surface area contributed by atoms with Gasteiger partial charge in [-0.3, -0.25) is 9.69 Å². The summed E-state index contributed by atoms with van der Waals surface area (Å²) in [5.41, 5.74) is 3.73. The summed E-state index contributed by atoms with van der Waals surface area (Å²) in [6.07, 6.45) is -0.134. The number of benzene rings is 3. The van der Waals surface area contributed by atoms with Crippen LogP contribution in [0.5, 0.6) is 5.75 Å². The zero-order valence-electron chi connectivity index (χ0n) is 20.0. The molecule has 0 bridgehead atoms. The van der Waals surface area contributed by atoms with Crippen molar-refractivity contribution in [3.05, 3.63) is 99.8 Å². The third kappa shape index (κ3) is 6.60. The molecule has 1 heterocycles. The van der Waals surface area contributed by atoms with Crippen LogP contribution in [0.25, 0.3) is 0 Å². The number of carbonyl (C=O) groups excluding carboxylic acids is 1. The van der Waals surface area contributed by atoms with Crippen molar-refractivity contribution in [1.29, 1.82) is 0 Å². The fourth-order valence-corrected chi connectivity index (χ4v) is 4.41. The van der Waals surface area contributed by atoms with Gasteiger partial charge in [-0.2, -0.15) is 0 Å². The molecule has 1 atom stereocenters. The van der Waals surface area contributed by atoms with Gasteiger partial charge in [0.1, 0.15) is 0 Å². The van der Waals surface area contributed by atoms with Gasteiger partial charge in [0.15, 0.2) is 11.6 Å². The number of hydrogen-bond acceptors (Lipinski definition) is 4. The summed E-state index contributed by atoms with van der Waals surface area (Å²) in [5.74, 6) is -0.574. The normalized spacial score (nSPS) is 15.1. The third-order valence-corrected chi connectivity index (χ3v) is 6.51. The number of halogens is 2. The molecular weight excluding hydrogens is 467 g/mol. The molecule has 5 nitrogen and oxygen atoms in total. The van der Waals surface area contributed by atoms with E-state index in [0.29, 0.717) is 49.9 Å². The highest BCUT2D eigenvalue weighted by molar-refractivity contribution is 6.30. The first-order chi connectivity index (χ1) is 16.9. The number of carbonyl (C=O) groups is 1. The second-order valence-electron chi connectivity index (χ2n) is 8.78. The first-order valence-corrected chi connectivity index (χ1v) is 12.1. The Morgan fingerprint density at radius 2 is 1.77 bits per heavy atom. The molecule has 1 saturated heterocycles. The second-order valence-corrected chi connectivity index (χ2v) is 9.22. The molecule has 184 valence electrons. The number of rotatable bonds is 8. The zero-order chi connectivity index (χ0) is 24.8. The fraction of sp³-hybridized carbons (Fsp3) is 0.321. The molecule has 1 amide bonds. The number of aryl methyl sites for hydroxylation is 1. The van der Waals surface area contributed by atoms with Crippen LogP contribution in [-0.2, 0) is 11.3 Å². The summed E-state index contributed by atoms with van der Waals surface area (Å²) in [7, 11) is 1.40. The quantitative estimate of drug-likeness (QED) is 0.412. The Morgan fingerprint density at radius 1 is 1.03 bits per heavy atom. The average Bonchev–Trinajstić information content (AvgIpc) is 2.87. The molecule has 7 heteroatoms. The first-order valence-electron chi connectivity index (χ1n) is 11.7. The van der Waals surface area contributed by atoms with Crippen LogP contribution in [0.15, 0.2) is 66.7 Å². The predicted molar refractivity (Wildman–Crippen MR) is 135 cm³/mol. The van der Waals surface area contributed by atoms with E-state index in [9.17, 15) is 9.18 Å². The van der Waals surface area contributed by atoms with E-state index in [1.807, 2.05) is 30.3 Å². The van der Waals surface area contributed by atoms with E-state index < -0.39 is 5.82 Å². The molecular formula is C28H30ClFN2O3. The number of methoxy groups -OCH3 is 1. The highest BCUT2D eigenvalue weighted by atomic mass is 35.5. The lowest BCUT2D eigenvalue weighted by Crippen LogP contribution is -2.49. The van der Waals surface area contributed by atoms with Gasteiger partial charge >= 0.3 is 0 Å². The Kier molecular flexibility index (Phi) is 8.39. The van der Waals surface area contributed by atoms with Crippen molar-refractivity contribution in [2.24, 2.45) is 0 Å². The predicted octanol–water partition coefficient (Wildman–Crippen LogP) is 5.51. The van der Waals surface area contributed by atoms with E-state index >= 15 is 0 Å². The summed E-state index contributed by atoms with van der Waals surface area (Å²) in [5, 5.41) is 0.688. The molecule has 0 saturated carbocycles. The van der Waals surface area contributed by atoms with Crippen LogP contribution in [0, 0.1) is 12.7 Å². The minimum Gasteiger partial charge on any atom is -0.494 e. The SMILES string of the molecule is COc1ccc(C(=O)N2CCN(CC(OCc3cccc(C)c3)c3ccc(Cl)cc3)CC2)cc1F. The van der Waals surface area contributed by atoms with E-state index in [2.05, 4.69) is 30.0 Å². The van der Waals surface area contributed by atoms with Crippen LogP contribution in [0.2, 0.25) is 5.02 Å². The van der Waals surface area contributed by atoms with Gasteiger partial charge in [-0.15, -0.1) is 0 Å². The molecule has 1 unspecified atom stereocenters. The monoisotopic (exact) mass is 496 g/mol. The number of nitrogens with zero attached hydrogens (tertiary/aromatic N) is 2. The molecule has 0 aromatic heterocycles.